The van der Waals surface area contributed by atoms with E-state index in [-0.39, 0.29) is 5.04 Å². The Morgan fingerprint density at radius 2 is 1.74 bits per heavy atom. The van der Waals surface area contributed by atoms with Crippen LogP contribution < -0.4 is 5.32 Å². The molecule has 1 N–H and O–H groups in total. The van der Waals surface area contributed by atoms with Crippen molar-refractivity contribution >= 4 is 49.0 Å². The van der Waals surface area contributed by atoms with E-state index >= 15 is 0 Å². The van der Waals surface area contributed by atoms with Crippen LogP contribution in [0.1, 0.15) is 31.9 Å². The van der Waals surface area contributed by atoms with Crippen molar-refractivity contribution in [1.82, 2.24) is 5.32 Å². The standard InChI is InChI=1S/C16H24Cl3NO2Si/c1-15(2,3)23(4,5)22-11-13-8-6-7-12(9-13)10-20-14(21)16(17,18)19/h6-9H,10-11H2,1-5H3,(H,20,21). The van der Waals surface area contributed by atoms with Gasteiger partial charge in [-0.3, -0.25) is 4.79 Å². The molecule has 1 amide bonds. The number of alkyl halides is 3. The molecule has 0 spiro atoms. The zero-order valence-electron chi connectivity index (χ0n) is 14.2. The number of carbonyl (C=O) groups is 1. The molecule has 130 valence electrons. The second-order valence-electron chi connectivity index (χ2n) is 7.05. The van der Waals surface area contributed by atoms with Gasteiger partial charge in [-0.05, 0) is 29.3 Å². The maximum atomic E-state index is 11.6. The van der Waals surface area contributed by atoms with E-state index in [1.807, 2.05) is 24.3 Å². The van der Waals surface area contributed by atoms with Gasteiger partial charge in [0.25, 0.3) is 9.70 Å². The molecule has 1 aromatic rings. The number of amides is 1. The van der Waals surface area contributed by atoms with E-state index in [0.717, 1.165) is 11.1 Å². The summed E-state index contributed by atoms with van der Waals surface area (Å²) in [5.74, 6) is -0.634. The van der Waals surface area contributed by atoms with Crippen LogP contribution in [0.5, 0.6) is 0 Å². The molecular weight excluding hydrogens is 373 g/mol. The van der Waals surface area contributed by atoms with E-state index in [2.05, 4.69) is 39.2 Å². The van der Waals surface area contributed by atoms with Crippen molar-refractivity contribution in [3.05, 3.63) is 35.4 Å². The van der Waals surface area contributed by atoms with Gasteiger partial charge in [0.1, 0.15) is 0 Å². The molecule has 0 aromatic heterocycles. The number of hydrogen-bond acceptors (Lipinski definition) is 2. The number of halogens is 3. The van der Waals surface area contributed by atoms with Gasteiger partial charge < -0.3 is 9.74 Å². The molecule has 0 fully saturated rings. The summed E-state index contributed by atoms with van der Waals surface area (Å²) in [5.41, 5.74) is 2.00. The van der Waals surface area contributed by atoms with Gasteiger partial charge in [-0.25, -0.2) is 0 Å². The highest BCUT2D eigenvalue weighted by Crippen LogP contribution is 2.37. The molecule has 0 saturated heterocycles. The van der Waals surface area contributed by atoms with Crippen molar-refractivity contribution in [1.29, 1.82) is 0 Å². The van der Waals surface area contributed by atoms with Crippen LogP contribution in [0.4, 0.5) is 0 Å². The molecule has 0 aliphatic carbocycles. The predicted octanol–water partition coefficient (Wildman–Crippen LogP) is 5.19. The molecule has 0 radical (unpaired) electrons. The summed E-state index contributed by atoms with van der Waals surface area (Å²) >= 11 is 16.6. The minimum atomic E-state index is -1.94. The van der Waals surface area contributed by atoms with Gasteiger partial charge in [0.15, 0.2) is 8.32 Å². The van der Waals surface area contributed by atoms with Gasteiger partial charge in [-0.1, -0.05) is 79.8 Å². The molecule has 1 rings (SSSR count). The first-order valence-corrected chi connectivity index (χ1v) is 11.4. The summed E-state index contributed by atoms with van der Waals surface area (Å²) in [4.78, 5) is 11.6. The monoisotopic (exact) mass is 395 g/mol. The second-order valence-corrected chi connectivity index (χ2v) is 14.1. The maximum Gasteiger partial charge on any atom is 0.272 e. The van der Waals surface area contributed by atoms with Crippen LogP contribution >= 0.6 is 34.8 Å². The van der Waals surface area contributed by atoms with Crippen molar-refractivity contribution in [2.75, 3.05) is 0 Å². The third kappa shape index (κ3) is 6.63. The summed E-state index contributed by atoms with van der Waals surface area (Å²) in [6.45, 7) is 11.9. The van der Waals surface area contributed by atoms with Crippen molar-refractivity contribution in [3.8, 4) is 0 Å². The SMILES string of the molecule is CC(C)(C)[Si](C)(C)OCc1cccc(CNC(=O)C(Cl)(Cl)Cl)c1. The first-order chi connectivity index (χ1) is 10.3. The van der Waals surface area contributed by atoms with Crippen LogP contribution in [0.15, 0.2) is 24.3 Å². The highest BCUT2D eigenvalue weighted by molar-refractivity contribution is 6.76. The molecule has 0 unspecified atom stereocenters. The number of nitrogens with one attached hydrogen (secondary N) is 1. The molecule has 0 saturated carbocycles. The topological polar surface area (TPSA) is 38.3 Å². The summed E-state index contributed by atoms with van der Waals surface area (Å²) in [7, 11) is -1.79. The van der Waals surface area contributed by atoms with Gasteiger partial charge in [-0.2, -0.15) is 0 Å². The average Bonchev–Trinajstić information content (AvgIpc) is 2.41. The van der Waals surface area contributed by atoms with Crippen molar-refractivity contribution in [2.24, 2.45) is 0 Å². The van der Waals surface area contributed by atoms with Gasteiger partial charge in [-0.15, -0.1) is 0 Å². The first kappa shape index (κ1) is 20.8. The fourth-order valence-corrected chi connectivity index (χ4v) is 2.75. The van der Waals surface area contributed by atoms with E-state index in [0.29, 0.717) is 13.2 Å². The zero-order chi connectivity index (χ0) is 17.9. The van der Waals surface area contributed by atoms with E-state index in [1.165, 1.54) is 0 Å². The Morgan fingerprint density at radius 3 is 2.26 bits per heavy atom. The van der Waals surface area contributed by atoms with Crippen LogP contribution in [0, 0.1) is 0 Å². The minimum Gasteiger partial charge on any atom is -0.413 e. The van der Waals surface area contributed by atoms with Crippen molar-refractivity contribution in [3.63, 3.8) is 0 Å². The lowest BCUT2D eigenvalue weighted by Gasteiger charge is -2.36. The summed E-state index contributed by atoms with van der Waals surface area (Å²) in [5, 5.41) is 2.77. The van der Waals surface area contributed by atoms with Gasteiger partial charge in [0.05, 0.1) is 6.61 Å². The van der Waals surface area contributed by atoms with E-state index in [4.69, 9.17) is 39.2 Å². The van der Waals surface area contributed by atoms with E-state index in [1.54, 1.807) is 0 Å². The summed E-state index contributed by atoms with van der Waals surface area (Å²) < 4.78 is 4.26. The van der Waals surface area contributed by atoms with Crippen LogP contribution in [-0.4, -0.2) is 18.0 Å². The molecule has 7 heteroatoms. The fraction of sp³-hybridized carbons (Fsp3) is 0.562. The Balaban J connectivity index is 2.66. The molecular formula is C16H24Cl3NO2Si. The molecule has 0 bridgehead atoms. The minimum absolute atomic E-state index is 0.170. The Morgan fingerprint density at radius 1 is 1.17 bits per heavy atom. The fourth-order valence-electron chi connectivity index (χ4n) is 1.59. The van der Waals surface area contributed by atoms with E-state index in [9.17, 15) is 4.79 Å². The highest BCUT2D eigenvalue weighted by Gasteiger charge is 2.37. The molecule has 0 heterocycles. The summed E-state index contributed by atoms with van der Waals surface area (Å²) in [6.07, 6.45) is 0. The lowest BCUT2D eigenvalue weighted by atomic mass is 10.1. The summed E-state index contributed by atoms with van der Waals surface area (Å²) in [6, 6.07) is 7.84. The normalized spacial score (nSPS) is 13.0. The molecule has 0 atom stereocenters. The predicted molar refractivity (Wildman–Crippen MR) is 101 cm³/mol. The lowest BCUT2D eigenvalue weighted by molar-refractivity contribution is -0.120. The number of rotatable bonds is 5. The third-order valence-corrected chi connectivity index (χ3v) is 9.10. The Kier molecular flexibility index (Phi) is 7.00. The van der Waals surface area contributed by atoms with Crippen LogP contribution in [0.3, 0.4) is 0 Å². The van der Waals surface area contributed by atoms with Gasteiger partial charge in [0, 0.05) is 6.54 Å². The molecule has 0 aliphatic heterocycles. The van der Waals surface area contributed by atoms with Crippen LogP contribution in [0.25, 0.3) is 0 Å². The second kappa shape index (κ2) is 7.75. The van der Waals surface area contributed by atoms with E-state index < -0.39 is 18.0 Å². The molecule has 1 aromatic carbocycles. The van der Waals surface area contributed by atoms with Gasteiger partial charge in [0.2, 0.25) is 0 Å². The Labute approximate surface area is 154 Å². The Hall–Kier alpha value is -0.263. The quantitative estimate of drug-likeness (QED) is 0.549. The van der Waals surface area contributed by atoms with Crippen LogP contribution in [0.2, 0.25) is 18.1 Å². The number of carbonyl (C=O) groups excluding carboxylic acids is 1. The lowest BCUT2D eigenvalue weighted by Crippen LogP contribution is -2.40. The molecule has 0 aliphatic rings. The Bertz CT molecular complexity index is 551. The maximum absolute atomic E-state index is 11.6. The molecule has 23 heavy (non-hydrogen) atoms. The smallest absolute Gasteiger partial charge is 0.272 e. The highest BCUT2D eigenvalue weighted by atomic mass is 35.6. The third-order valence-electron chi connectivity index (χ3n) is 4.11. The van der Waals surface area contributed by atoms with Crippen LogP contribution in [-0.2, 0) is 22.4 Å². The first-order valence-electron chi connectivity index (χ1n) is 7.40. The zero-order valence-corrected chi connectivity index (χ0v) is 17.4. The molecule has 3 nitrogen and oxygen atoms in total. The van der Waals surface area contributed by atoms with Crippen molar-refractivity contribution in [2.45, 2.75) is 55.8 Å². The largest absolute Gasteiger partial charge is 0.413 e. The number of benzene rings is 1. The van der Waals surface area contributed by atoms with Gasteiger partial charge >= 0.3 is 0 Å². The average molecular weight is 397 g/mol. The van der Waals surface area contributed by atoms with Crippen molar-refractivity contribution < 1.29 is 9.22 Å². The number of hydrogen-bond donors (Lipinski definition) is 1.